The van der Waals surface area contributed by atoms with Crippen molar-refractivity contribution in [1.82, 2.24) is 20.2 Å². The molecule has 128 valence electrons. The highest BCUT2D eigenvalue weighted by molar-refractivity contribution is 8.00. The number of hydrogen-bond donors (Lipinski definition) is 2. The second kappa shape index (κ2) is 7.18. The number of ether oxygens (including phenoxy) is 1. The number of amides is 1. The molecule has 1 aliphatic rings. The van der Waals surface area contributed by atoms with Crippen LogP contribution in [0, 0.1) is 12.7 Å². The van der Waals surface area contributed by atoms with Gasteiger partial charge in [-0.25, -0.2) is 9.07 Å². The fourth-order valence-electron chi connectivity index (χ4n) is 2.46. The highest BCUT2D eigenvalue weighted by Crippen LogP contribution is 2.36. The van der Waals surface area contributed by atoms with Gasteiger partial charge in [-0.15, -0.1) is 10.2 Å². The molecule has 2 atom stereocenters. The van der Waals surface area contributed by atoms with Crippen molar-refractivity contribution in [3.05, 3.63) is 41.5 Å². The number of carbonyl (C=O) groups is 1. The number of rotatable bonds is 5. The summed E-state index contributed by atoms with van der Waals surface area (Å²) in [6.07, 6.45) is 0. The maximum atomic E-state index is 13.2. The lowest BCUT2D eigenvalue weighted by Crippen LogP contribution is -2.44. The van der Waals surface area contributed by atoms with Crippen LogP contribution in [-0.2, 0) is 9.53 Å². The van der Waals surface area contributed by atoms with Gasteiger partial charge in [0.15, 0.2) is 0 Å². The second-order valence-electron chi connectivity index (χ2n) is 5.35. The number of hydrogen-bond acceptors (Lipinski definition) is 6. The molecule has 1 aromatic carbocycles. The molecule has 3 rings (SSSR count). The first-order chi connectivity index (χ1) is 11.6. The van der Waals surface area contributed by atoms with Crippen LogP contribution in [0.3, 0.4) is 0 Å². The van der Waals surface area contributed by atoms with Crippen molar-refractivity contribution in [3.8, 4) is 0 Å². The lowest BCUT2D eigenvalue weighted by atomic mass is 10.0. The van der Waals surface area contributed by atoms with E-state index >= 15 is 0 Å². The van der Waals surface area contributed by atoms with E-state index in [4.69, 9.17) is 4.74 Å². The van der Waals surface area contributed by atoms with Gasteiger partial charge in [0.1, 0.15) is 16.9 Å². The molecule has 0 aliphatic carbocycles. The van der Waals surface area contributed by atoms with Gasteiger partial charge in [-0.1, -0.05) is 23.9 Å². The van der Waals surface area contributed by atoms with E-state index in [-0.39, 0.29) is 17.8 Å². The van der Waals surface area contributed by atoms with Crippen molar-refractivity contribution >= 4 is 17.7 Å². The largest absolute Gasteiger partial charge is 0.383 e. The molecule has 0 radical (unpaired) electrons. The van der Waals surface area contributed by atoms with E-state index in [0.29, 0.717) is 24.1 Å². The van der Waals surface area contributed by atoms with Gasteiger partial charge in [-0.3, -0.25) is 4.79 Å². The number of nitrogens with one attached hydrogen (secondary N) is 2. The Hall–Kier alpha value is -2.13. The van der Waals surface area contributed by atoms with Gasteiger partial charge in [-0.2, -0.15) is 0 Å². The summed E-state index contributed by atoms with van der Waals surface area (Å²) in [4.78, 5) is 12.6. The van der Waals surface area contributed by atoms with E-state index in [9.17, 15) is 9.18 Å². The summed E-state index contributed by atoms with van der Waals surface area (Å²) in [5, 5.41) is 11.1. The zero-order chi connectivity index (χ0) is 17.1. The number of nitrogens with zero attached hydrogens (tertiary/aromatic N) is 3. The summed E-state index contributed by atoms with van der Waals surface area (Å²) in [7, 11) is 1.58. The molecule has 0 saturated heterocycles. The first kappa shape index (κ1) is 16.7. The third kappa shape index (κ3) is 3.36. The van der Waals surface area contributed by atoms with Gasteiger partial charge in [0.25, 0.3) is 0 Å². The van der Waals surface area contributed by atoms with Gasteiger partial charge >= 0.3 is 0 Å². The molecule has 2 N–H and O–H groups in total. The van der Waals surface area contributed by atoms with Crippen LogP contribution in [-0.4, -0.2) is 46.3 Å². The molecule has 7 nitrogen and oxygen atoms in total. The topological polar surface area (TPSA) is 81.1 Å². The van der Waals surface area contributed by atoms with Crippen molar-refractivity contribution in [2.45, 2.75) is 23.4 Å². The van der Waals surface area contributed by atoms with Crippen LogP contribution in [0.15, 0.2) is 29.4 Å². The minimum atomic E-state index is -0.455. The number of methoxy groups -OCH3 is 1. The normalized spacial score (nSPS) is 19.5. The van der Waals surface area contributed by atoms with Crippen LogP contribution >= 0.6 is 11.8 Å². The van der Waals surface area contributed by atoms with E-state index in [1.165, 1.54) is 23.9 Å². The Morgan fingerprint density at radius 2 is 2.17 bits per heavy atom. The first-order valence-corrected chi connectivity index (χ1v) is 8.35. The Morgan fingerprint density at radius 1 is 1.42 bits per heavy atom. The maximum absolute atomic E-state index is 13.2. The third-order valence-electron chi connectivity index (χ3n) is 3.69. The van der Waals surface area contributed by atoms with Gasteiger partial charge < -0.3 is 15.5 Å². The monoisotopic (exact) mass is 351 g/mol. The minimum Gasteiger partial charge on any atom is -0.383 e. The smallest absolute Gasteiger partial charge is 0.236 e. The molecule has 24 heavy (non-hydrogen) atoms. The Labute approximate surface area is 142 Å². The van der Waals surface area contributed by atoms with Crippen LogP contribution in [0.4, 0.5) is 4.39 Å². The Kier molecular flexibility index (Phi) is 5.00. The van der Waals surface area contributed by atoms with Gasteiger partial charge in [0.05, 0.1) is 12.6 Å². The van der Waals surface area contributed by atoms with Crippen LogP contribution in [0.25, 0.3) is 0 Å². The number of aryl methyl sites for hydroxylation is 1. The molecule has 0 bridgehead atoms. The summed E-state index contributed by atoms with van der Waals surface area (Å²) >= 11 is 1.33. The Balaban J connectivity index is 1.87. The van der Waals surface area contributed by atoms with Crippen molar-refractivity contribution in [3.63, 3.8) is 0 Å². The molecule has 2 heterocycles. The molecule has 0 saturated carbocycles. The van der Waals surface area contributed by atoms with Crippen LogP contribution in [0.1, 0.15) is 17.4 Å². The van der Waals surface area contributed by atoms with Crippen LogP contribution < -0.4 is 10.7 Å². The Bertz CT molecular complexity index is 721. The van der Waals surface area contributed by atoms with Gasteiger partial charge in [0, 0.05) is 13.7 Å². The van der Waals surface area contributed by atoms with Gasteiger partial charge in [0.2, 0.25) is 11.1 Å². The molecular formula is C15H18FN5O2S. The van der Waals surface area contributed by atoms with Crippen LogP contribution in [0.5, 0.6) is 0 Å². The number of fused-ring (bicyclic) bond motifs is 1. The average molecular weight is 351 g/mol. The van der Waals surface area contributed by atoms with E-state index in [0.717, 1.165) is 5.56 Å². The van der Waals surface area contributed by atoms with E-state index in [1.54, 1.807) is 23.9 Å². The molecular weight excluding hydrogens is 333 g/mol. The fourth-order valence-corrected chi connectivity index (χ4v) is 3.61. The zero-order valence-corrected chi connectivity index (χ0v) is 14.1. The fraction of sp³-hybridized carbons (Fsp3) is 0.400. The first-order valence-electron chi connectivity index (χ1n) is 7.47. The minimum absolute atomic E-state index is 0.134. The van der Waals surface area contributed by atoms with Crippen molar-refractivity contribution < 1.29 is 13.9 Å². The number of aromatic nitrogens is 3. The number of halogens is 1. The molecule has 0 unspecified atom stereocenters. The lowest BCUT2D eigenvalue weighted by molar-refractivity contribution is -0.121. The third-order valence-corrected chi connectivity index (χ3v) is 4.91. The van der Waals surface area contributed by atoms with Crippen molar-refractivity contribution in [1.29, 1.82) is 0 Å². The summed E-state index contributed by atoms with van der Waals surface area (Å²) in [5.74, 6) is 0.248. The summed E-state index contributed by atoms with van der Waals surface area (Å²) < 4.78 is 19.9. The SMILES string of the molecule is COCCNC(=O)[C@H]1Sc2nnc(C)n2N[C@H]1c1ccc(F)cc1. The second-order valence-corrected chi connectivity index (χ2v) is 6.45. The average Bonchev–Trinajstić information content (AvgIpc) is 2.95. The molecule has 9 heteroatoms. The summed E-state index contributed by atoms with van der Waals surface area (Å²) in [5.41, 5.74) is 4.07. The van der Waals surface area contributed by atoms with E-state index < -0.39 is 5.25 Å². The summed E-state index contributed by atoms with van der Waals surface area (Å²) in [6.45, 7) is 2.69. The van der Waals surface area contributed by atoms with Crippen molar-refractivity contribution in [2.24, 2.45) is 0 Å². The number of thioether (sulfide) groups is 1. The molecule has 1 aromatic heterocycles. The van der Waals surface area contributed by atoms with Crippen LogP contribution in [0.2, 0.25) is 0 Å². The predicted molar refractivity (Wildman–Crippen MR) is 87.8 cm³/mol. The molecule has 0 spiro atoms. The summed E-state index contributed by atoms with van der Waals surface area (Å²) in [6, 6.07) is 5.79. The zero-order valence-electron chi connectivity index (χ0n) is 13.3. The molecule has 1 amide bonds. The number of carbonyl (C=O) groups excluding carboxylic acids is 1. The quantitative estimate of drug-likeness (QED) is 0.789. The molecule has 2 aromatic rings. The number of benzene rings is 1. The highest BCUT2D eigenvalue weighted by Gasteiger charge is 2.37. The predicted octanol–water partition coefficient (Wildman–Crippen LogP) is 1.25. The van der Waals surface area contributed by atoms with Gasteiger partial charge in [-0.05, 0) is 24.6 Å². The maximum Gasteiger partial charge on any atom is 0.236 e. The lowest BCUT2D eigenvalue weighted by Gasteiger charge is -2.32. The van der Waals surface area contributed by atoms with E-state index in [2.05, 4.69) is 20.9 Å². The molecule has 0 fully saturated rings. The molecule has 1 aliphatic heterocycles. The Morgan fingerprint density at radius 3 is 2.88 bits per heavy atom. The standard InChI is InChI=1S/C15H18FN5O2S/c1-9-18-19-15-21(9)20-12(10-3-5-11(16)6-4-10)13(24-15)14(22)17-7-8-23-2/h3-6,12-13,20H,7-8H2,1-2H3,(H,17,22)/t12-,13-/m0/s1. The highest BCUT2D eigenvalue weighted by atomic mass is 32.2. The van der Waals surface area contributed by atoms with Crippen molar-refractivity contribution in [2.75, 3.05) is 25.7 Å². The van der Waals surface area contributed by atoms with E-state index in [1.807, 2.05) is 6.92 Å².